The highest BCUT2D eigenvalue weighted by molar-refractivity contribution is 9.09. The molecule has 3 nitrogen and oxygen atoms in total. The molecule has 0 aliphatic rings. The lowest BCUT2D eigenvalue weighted by atomic mass is 10.1. The van der Waals surface area contributed by atoms with Gasteiger partial charge in [0.05, 0.1) is 0 Å². The molecule has 1 aromatic carbocycles. The van der Waals surface area contributed by atoms with Gasteiger partial charge in [0, 0.05) is 29.4 Å². The Morgan fingerprint density at radius 1 is 1.05 bits per heavy atom. The number of nitriles is 2. The van der Waals surface area contributed by atoms with E-state index in [0.717, 1.165) is 35.0 Å². The van der Waals surface area contributed by atoms with Crippen molar-refractivity contribution in [3.63, 3.8) is 0 Å². The number of halogens is 2. The molecule has 98 valence electrons. The largest absolute Gasteiger partial charge is 0.370 e. The number of nitrogens with zero attached hydrogens (tertiary/aromatic N) is 3. The summed E-state index contributed by atoms with van der Waals surface area (Å²) < 4.78 is 0. The Morgan fingerprint density at radius 3 is 2.00 bits per heavy atom. The Labute approximate surface area is 130 Å². The van der Waals surface area contributed by atoms with Gasteiger partial charge in [-0.25, -0.2) is 0 Å². The lowest BCUT2D eigenvalue weighted by molar-refractivity contribution is 0.885. The predicted molar refractivity (Wildman–Crippen MR) is 85.4 cm³/mol. The average Bonchev–Trinajstić information content (AvgIpc) is 2.45. The van der Waals surface area contributed by atoms with Crippen LogP contribution in [0.2, 0.25) is 0 Å². The summed E-state index contributed by atoms with van der Waals surface area (Å²) in [6, 6.07) is 11.6. The van der Waals surface area contributed by atoms with Crippen molar-refractivity contribution in [3.8, 4) is 12.1 Å². The molecule has 1 rings (SSSR count). The van der Waals surface area contributed by atoms with Gasteiger partial charge in [-0.05, 0) is 23.8 Å². The third kappa shape index (κ3) is 5.06. The molecule has 19 heavy (non-hydrogen) atoms. The number of benzene rings is 1. The lowest BCUT2D eigenvalue weighted by Gasteiger charge is -2.23. The molecule has 0 unspecified atom stereocenters. The maximum absolute atomic E-state index is 8.71. The van der Waals surface area contributed by atoms with Gasteiger partial charge >= 0.3 is 0 Å². The molecule has 0 atom stereocenters. The minimum Gasteiger partial charge on any atom is -0.370 e. The van der Waals surface area contributed by atoms with Crippen molar-refractivity contribution in [2.45, 2.75) is 0 Å². The molecule has 0 aliphatic carbocycles. The minimum absolute atomic E-state index is 0.116. The summed E-state index contributed by atoms with van der Waals surface area (Å²) in [7, 11) is 0. The standard InChI is InChI=1S/C14H13Br2N3/c15-5-7-19(8-6-16)14-3-1-12(2-4-14)9-13(10-17)11-18/h1-4,9H,5-8H2. The van der Waals surface area contributed by atoms with Crippen LogP contribution in [0.3, 0.4) is 0 Å². The molecule has 5 heteroatoms. The molecule has 0 saturated heterocycles. The van der Waals surface area contributed by atoms with Crippen molar-refractivity contribution in [2.24, 2.45) is 0 Å². The van der Waals surface area contributed by atoms with E-state index in [0.29, 0.717) is 0 Å². The van der Waals surface area contributed by atoms with Crippen LogP contribution in [0.1, 0.15) is 5.56 Å². The molecule has 0 amide bonds. The predicted octanol–water partition coefficient (Wildman–Crippen LogP) is 3.71. The van der Waals surface area contributed by atoms with E-state index in [1.54, 1.807) is 6.08 Å². The monoisotopic (exact) mass is 381 g/mol. The van der Waals surface area contributed by atoms with Crippen molar-refractivity contribution < 1.29 is 0 Å². The molecule has 0 radical (unpaired) electrons. The van der Waals surface area contributed by atoms with Gasteiger partial charge in [-0.2, -0.15) is 10.5 Å². The van der Waals surface area contributed by atoms with Crippen LogP contribution in [0.25, 0.3) is 6.08 Å². The third-order valence-corrected chi connectivity index (χ3v) is 3.23. The molecule has 0 fully saturated rings. The molecule has 0 spiro atoms. The number of anilines is 1. The Kier molecular flexibility index (Phi) is 7.25. The number of alkyl halides is 2. The zero-order chi connectivity index (χ0) is 14.1. The fourth-order valence-electron chi connectivity index (χ4n) is 1.61. The second-order valence-electron chi connectivity index (χ2n) is 3.74. The van der Waals surface area contributed by atoms with Gasteiger partial charge in [-0.15, -0.1) is 0 Å². The summed E-state index contributed by atoms with van der Waals surface area (Å²) >= 11 is 6.89. The molecule has 0 aliphatic heterocycles. The maximum atomic E-state index is 8.71. The van der Waals surface area contributed by atoms with Gasteiger partial charge in [0.25, 0.3) is 0 Å². The molecular formula is C14H13Br2N3. The molecule has 0 aromatic heterocycles. The van der Waals surface area contributed by atoms with E-state index in [1.807, 2.05) is 36.4 Å². The second kappa shape index (κ2) is 8.74. The Balaban J connectivity index is 2.89. The Hall–Kier alpha value is -1.30. The second-order valence-corrected chi connectivity index (χ2v) is 5.32. The molecular weight excluding hydrogens is 370 g/mol. The van der Waals surface area contributed by atoms with Gasteiger partial charge in [0.1, 0.15) is 17.7 Å². The highest BCUT2D eigenvalue weighted by atomic mass is 79.9. The van der Waals surface area contributed by atoms with Crippen LogP contribution in [0.4, 0.5) is 5.69 Å². The van der Waals surface area contributed by atoms with Crippen LogP contribution in [-0.2, 0) is 0 Å². The van der Waals surface area contributed by atoms with Crippen LogP contribution < -0.4 is 4.90 Å². The first-order valence-electron chi connectivity index (χ1n) is 5.74. The van der Waals surface area contributed by atoms with E-state index >= 15 is 0 Å². The molecule has 1 aromatic rings. The van der Waals surface area contributed by atoms with Gasteiger partial charge in [0.2, 0.25) is 0 Å². The van der Waals surface area contributed by atoms with E-state index in [9.17, 15) is 0 Å². The summed E-state index contributed by atoms with van der Waals surface area (Å²) in [6.45, 7) is 1.87. The van der Waals surface area contributed by atoms with Crippen LogP contribution in [0, 0.1) is 22.7 Å². The van der Waals surface area contributed by atoms with Crippen molar-refractivity contribution in [1.29, 1.82) is 10.5 Å². The quantitative estimate of drug-likeness (QED) is 0.556. The normalized spacial score (nSPS) is 9.26. The van der Waals surface area contributed by atoms with E-state index in [1.165, 1.54) is 0 Å². The summed E-state index contributed by atoms with van der Waals surface area (Å²) in [5, 5.41) is 19.2. The molecule has 0 bridgehead atoms. The molecule has 0 heterocycles. The number of rotatable bonds is 6. The summed E-state index contributed by atoms with van der Waals surface area (Å²) in [6.07, 6.45) is 1.59. The maximum Gasteiger partial charge on any atom is 0.130 e. The van der Waals surface area contributed by atoms with Gasteiger partial charge < -0.3 is 4.90 Å². The van der Waals surface area contributed by atoms with Crippen molar-refractivity contribution >= 4 is 43.6 Å². The molecule has 0 saturated carbocycles. The van der Waals surface area contributed by atoms with Gasteiger partial charge in [-0.1, -0.05) is 44.0 Å². The fourth-order valence-corrected chi connectivity index (χ4v) is 2.47. The Bertz CT molecular complexity index is 487. The topological polar surface area (TPSA) is 50.8 Å². The van der Waals surface area contributed by atoms with Crippen molar-refractivity contribution in [2.75, 3.05) is 28.6 Å². The lowest BCUT2D eigenvalue weighted by Crippen LogP contribution is -2.27. The number of hydrogen-bond donors (Lipinski definition) is 0. The van der Waals surface area contributed by atoms with Crippen LogP contribution >= 0.6 is 31.9 Å². The third-order valence-electron chi connectivity index (χ3n) is 2.52. The smallest absolute Gasteiger partial charge is 0.130 e. The minimum atomic E-state index is 0.116. The zero-order valence-electron chi connectivity index (χ0n) is 10.3. The van der Waals surface area contributed by atoms with E-state index < -0.39 is 0 Å². The fraction of sp³-hybridized carbons (Fsp3) is 0.286. The zero-order valence-corrected chi connectivity index (χ0v) is 13.5. The first-order chi connectivity index (χ1) is 9.24. The highest BCUT2D eigenvalue weighted by Crippen LogP contribution is 2.17. The van der Waals surface area contributed by atoms with Gasteiger partial charge in [-0.3, -0.25) is 0 Å². The van der Waals surface area contributed by atoms with Crippen molar-refractivity contribution in [3.05, 3.63) is 35.4 Å². The highest BCUT2D eigenvalue weighted by Gasteiger charge is 2.04. The summed E-state index contributed by atoms with van der Waals surface area (Å²) in [4.78, 5) is 2.26. The first-order valence-corrected chi connectivity index (χ1v) is 7.98. The van der Waals surface area contributed by atoms with E-state index in [2.05, 4.69) is 36.8 Å². The number of hydrogen-bond acceptors (Lipinski definition) is 3. The molecule has 0 N–H and O–H groups in total. The van der Waals surface area contributed by atoms with Crippen LogP contribution in [-0.4, -0.2) is 23.7 Å². The average molecular weight is 383 g/mol. The van der Waals surface area contributed by atoms with Crippen LogP contribution in [0.15, 0.2) is 29.8 Å². The first kappa shape index (κ1) is 15.8. The van der Waals surface area contributed by atoms with Crippen molar-refractivity contribution in [1.82, 2.24) is 0 Å². The number of allylic oxidation sites excluding steroid dienone is 1. The van der Waals surface area contributed by atoms with E-state index in [4.69, 9.17) is 10.5 Å². The SMILES string of the molecule is N#CC(C#N)=Cc1ccc(N(CCBr)CCBr)cc1. The summed E-state index contributed by atoms with van der Waals surface area (Å²) in [5.74, 6) is 0. The van der Waals surface area contributed by atoms with E-state index in [-0.39, 0.29) is 5.57 Å². The van der Waals surface area contributed by atoms with Gasteiger partial charge in [0.15, 0.2) is 0 Å². The van der Waals surface area contributed by atoms with Crippen LogP contribution in [0.5, 0.6) is 0 Å². The Morgan fingerprint density at radius 2 is 1.58 bits per heavy atom. The summed E-state index contributed by atoms with van der Waals surface area (Å²) in [5.41, 5.74) is 2.11.